The molecule has 1 saturated heterocycles. The van der Waals surface area contributed by atoms with Gasteiger partial charge in [0, 0.05) is 36.7 Å². The second-order valence-electron chi connectivity index (χ2n) is 8.63. The number of piperidine rings is 1. The summed E-state index contributed by atoms with van der Waals surface area (Å²) in [6.45, 7) is 5.30. The van der Waals surface area contributed by atoms with Gasteiger partial charge in [-0.25, -0.2) is 0 Å². The number of fused-ring (bicyclic) bond motifs is 3. The summed E-state index contributed by atoms with van der Waals surface area (Å²) in [4.78, 5) is 28.1. The Morgan fingerprint density at radius 1 is 1.26 bits per heavy atom. The fourth-order valence-corrected chi connectivity index (χ4v) is 5.02. The van der Waals surface area contributed by atoms with Gasteiger partial charge >= 0.3 is 0 Å². The van der Waals surface area contributed by atoms with Crippen LogP contribution in [0.15, 0.2) is 36.4 Å². The second-order valence-corrected chi connectivity index (χ2v) is 8.63. The smallest absolute Gasteiger partial charge is 0.274 e. The van der Waals surface area contributed by atoms with Crippen molar-refractivity contribution in [3.63, 3.8) is 0 Å². The van der Waals surface area contributed by atoms with Crippen molar-refractivity contribution >= 4 is 22.5 Å². The van der Waals surface area contributed by atoms with Gasteiger partial charge in [0.1, 0.15) is 11.9 Å². The van der Waals surface area contributed by atoms with Crippen molar-refractivity contribution in [3.05, 3.63) is 58.9 Å². The third-order valence-electron chi connectivity index (χ3n) is 6.77. The van der Waals surface area contributed by atoms with E-state index in [4.69, 9.17) is 4.74 Å². The van der Waals surface area contributed by atoms with Gasteiger partial charge in [-0.2, -0.15) is 5.10 Å². The largest absolute Gasteiger partial charge is 0.489 e. The highest BCUT2D eigenvalue weighted by Gasteiger charge is 2.37. The molecule has 2 atom stereocenters. The van der Waals surface area contributed by atoms with E-state index in [0.717, 1.165) is 41.3 Å². The molecule has 3 heterocycles. The highest BCUT2D eigenvalue weighted by molar-refractivity contribution is 6.11. The van der Waals surface area contributed by atoms with Gasteiger partial charge in [0.05, 0.1) is 5.56 Å². The molecule has 2 aliphatic rings. The van der Waals surface area contributed by atoms with Crippen LogP contribution in [0.4, 0.5) is 0 Å². The molecule has 0 spiro atoms. The lowest BCUT2D eigenvalue weighted by Gasteiger charge is -2.38. The molecule has 1 fully saturated rings. The molecule has 0 bridgehead atoms. The number of nitrogens with zero attached hydrogens (tertiary/aromatic N) is 2. The summed E-state index contributed by atoms with van der Waals surface area (Å²) in [6, 6.07) is 11.8. The molecule has 6 nitrogen and oxygen atoms in total. The molecule has 2 aliphatic heterocycles. The number of ether oxygens (including phenoxy) is 1. The zero-order valence-corrected chi connectivity index (χ0v) is 18.0. The van der Waals surface area contributed by atoms with Gasteiger partial charge in [-0.15, -0.1) is 0 Å². The number of benzene rings is 2. The number of likely N-dealkylation sites (tertiary alicyclic amines) is 1. The number of hydrogen-bond donors (Lipinski definition) is 1. The van der Waals surface area contributed by atoms with Gasteiger partial charge in [-0.3, -0.25) is 14.7 Å². The fraction of sp³-hybridized carbons (Fsp3) is 0.400. The van der Waals surface area contributed by atoms with E-state index in [0.29, 0.717) is 36.5 Å². The van der Waals surface area contributed by atoms with Crippen LogP contribution in [0.2, 0.25) is 0 Å². The number of hydrogen-bond acceptors (Lipinski definition) is 4. The fourth-order valence-electron chi connectivity index (χ4n) is 5.02. The predicted octanol–water partition coefficient (Wildman–Crippen LogP) is 4.32. The standard InChI is InChI=1S/C25H27N3O3/c1-3-19-15(2)24(27-26-19)25(30)28-12-6-8-17(14-28)22-13-20(29)23-18-9-5-4-7-16(18)10-11-21(23)31-22/h4-5,7,9-11,17,22H,3,6,8,12-14H2,1-2H3,(H,26,27)/t17-,22-/m1/s1. The Bertz CT molecular complexity index is 1170. The van der Waals surface area contributed by atoms with E-state index in [9.17, 15) is 9.59 Å². The van der Waals surface area contributed by atoms with E-state index < -0.39 is 0 Å². The summed E-state index contributed by atoms with van der Waals surface area (Å²) < 4.78 is 6.35. The lowest BCUT2D eigenvalue weighted by Crippen LogP contribution is -2.46. The molecule has 31 heavy (non-hydrogen) atoms. The molecular weight excluding hydrogens is 390 g/mol. The Morgan fingerprint density at radius 3 is 2.90 bits per heavy atom. The number of Topliss-reactive ketones (excluding diaryl/α,β-unsaturated/α-hetero) is 1. The van der Waals surface area contributed by atoms with Gasteiger partial charge in [-0.1, -0.05) is 37.3 Å². The summed E-state index contributed by atoms with van der Waals surface area (Å²) in [5, 5.41) is 9.25. The number of aromatic nitrogens is 2. The third kappa shape index (κ3) is 3.40. The average Bonchev–Trinajstić information content (AvgIpc) is 3.18. The molecule has 5 rings (SSSR count). The van der Waals surface area contributed by atoms with Crippen LogP contribution in [0, 0.1) is 12.8 Å². The maximum atomic E-state index is 13.1. The van der Waals surface area contributed by atoms with Crippen LogP contribution in [0.25, 0.3) is 10.8 Å². The van der Waals surface area contributed by atoms with E-state index in [1.807, 2.05) is 55.1 Å². The van der Waals surface area contributed by atoms with Crippen LogP contribution in [-0.4, -0.2) is 46.0 Å². The Balaban J connectivity index is 1.36. The van der Waals surface area contributed by atoms with Gasteiger partial charge < -0.3 is 9.64 Å². The lowest BCUT2D eigenvalue weighted by molar-refractivity contribution is 0.0407. The van der Waals surface area contributed by atoms with Gasteiger partial charge in [-0.05, 0) is 43.0 Å². The van der Waals surface area contributed by atoms with Crippen molar-refractivity contribution < 1.29 is 14.3 Å². The first kappa shape index (κ1) is 19.8. The quantitative estimate of drug-likeness (QED) is 0.689. The molecule has 6 heteroatoms. The monoisotopic (exact) mass is 417 g/mol. The minimum absolute atomic E-state index is 0.0355. The number of carbonyl (C=O) groups excluding carboxylic acids is 2. The number of aromatic amines is 1. The molecule has 3 aromatic rings. The van der Waals surface area contributed by atoms with E-state index in [1.165, 1.54) is 0 Å². The zero-order chi connectivity index (χ0) is 21.5. The van der Waals surface area contributed by atoms with E-state index >= 15 is 0 Å². The van der Waals surface area contributed by atoms with Crippen LogP contribution < -0.4 is 4.74 Å². The lowest BCUT2D eigenvalue weighted by atomic mass is 9.85. The number of aryl methyl sites for hydroxylation is 1. The summed E-state index contributed by atoms with van der Waals surface area (Å²) in [5.41, 5.74) is 3.13. The van der Waals surface area contributed by atoms with Gasteiger partial charge in [0.15, 0.2) is 11.5 Å². The van der Waals surface area contributed by atoms with Crippen molar-refractivity contribution in [2.45, 2.75) is 45.6 Å². The zero-order valence-electron chi connectivity index (χ0n) is 18.0. The molecule has 2 aromatic carbocycles. The third-order valence-corrected chi connectivity index (χ3v) is 6.77. The molecule has 0 radical (unpaired) electrons. The second kappa shape index (κ2) is 7.84. The minimum atomic E-state index is -0.205. The van der Waals surface area contributed by atoms with Crippen molar-refractivity contribution in [1.29, 1.82) is 0 Å². The van der Waals surface area contributed by atoms with Gasteiger partial charge in [0.25, 0.3) is 5.91 Å². The van der Waals surface area contributed by atoms with Crippen molar-refractivity contribution in [2.75, 3.05) is 13.1 Å². The van der Waals surface area contributed by atoms with Crippen LogP contribution in [-0.2, 0) is 6.42 Å². The maximum absolute atomic E-state index is 13.1. The van der Waals surface area contributed by atoms with Crippen LogP contribution in [0.3, 0.4) is 0 Å². The summed E-state index contributed by atoms with van der Waals surface area (Å²) in [7, 11) is 0. The number of rotatable bonds is 3. The van der Waals surface area contributed by atoms with Crippen molar-refractivity contribution in [1.82, 2.24) is 15.1 Å². The molecule has 1 amide bonds. The van der Waals surface area contributed by atoms with Gasteiger partial charge in [0.2, 0.25) is 0 Å². The highest BCUT2D eigenvalue weighted by atomic mass is 16.5. The SMILES string of the molecule is CCc1[nH]nc(C(=O)N2CCC[C@@H]([C@H]3CC(=O)c4c(ccc5ccccc45)O3)C2)c1C. The number of carbonyl (C=O) groups is 2. The normalized spacial score (nSPS) is 21.1. The Hall–Kier alpha value is -3.15. The van der Waals surface area contributed by atoms with Crippen molar-refractivity contribution in [2.24, 2.45) is 5.92 Å². The molecule has 0 unspecified atom stereocenters. The Morgan fingerprint density at radius 2 is 2.10 bits per heavy atom. The minimum Gasteiger partial charge on any atom is -0.489 e. The number of ketones is 1. The van der Waals surface area contributed by atoms with Crippen LogP contribution in [0.1, 0.15) is 58.3 Å². The first-order valence-corrected chi connectivity index (χ1v) is 11.1. The van der Waals surface area contributed by atoms with E-state index in [2.05, 4.69) is 10.2 Å². The highest BCUT2D eigenvalue weighted by Crippen LogP contribution is 2.37. The number of amides is 1. The first-order chi connectivity index (χ1) is 15.1. The number of nitrogens with one attached hydrogen (secondary N) is 1. The number of H-pyrrole nitrogens is 1. The topological polar surface area (TPSA) is 75.3 Å². The molecule has 1 aromatic heterocycles. The summed E-state index contributed by atoms with van der Waals surface area (Å²) in [6.07, 6.45) is 2.82. The molecule has 160 valence electrons. The molecule has 0 aliphatic carbocycles. The Kier molecular flexibility index (Phi) is 5.00. The average molecular weight is 418 g/mol. The predicted molar refractivity (Wildman–Crippen MR) is 119 cm³/mol. The first-order valence-electron chi connectivity index (χ1n) is 11.1. The Labute approximate surface area is 181 Å². The van der Waals surface area contributed by atoms with Crippen LogP contribution >= 0.6 is 0 Å². The maximum Gasteiger partial charge on any atom is 0.274 e. The van der Waals surface area contributed by atoms with E-state index in [1.54, 1.807) is 0 Å². The van der Waals surface area contributed by atoms with E-state index in [-0.39, 0.29) is 23.7 Å². The summed E-state index contributed by atoms with van der Waals surface area (Å²) in [5.74, 6) is 0.888. The molecule has 0 saturated carbocycles. The summed E-state index contributed by atoms with van der Waals surface area (Å²) >= 11 is 0. The van der Waals surface area contributed by atoms with Crippen molar-refractivity contribution in [3.8, 4) is 5.75 Å². The molecule has 1 N–H and O–H groups in total. The molecular formula is C25H27N3O3. The van der Waals surface area contributed by atoms with Crippen LogP contribution in [0.5, 0.6) is 5.75 Å².